The van der Waals surface area contributed by atoms with Gasteiger partial charge in [0.05, 0.1) is 6.20 Å². The van der Waals surface area contributed by atoms with Crippen molar-refractivity contribution in [2.45, 2.75) is 46.3 Å². The van der Waals surface area contributed by atoms with E-state index in [9.17, 15) is 4.79 Å². The number of nitrogens with two attached hydrogens (primary N) is 1. The maximum atomic E-state index is 12.3. The minimum atomic E-state index is -0.503. The Bertz CT molecular complexity index is 796. The number of anilines is 2. The van der Waals surface area contributed by atoms with E-state index in [-0.39, 0.29) is 18.1 Å². The van der Waals surface area contributed by atoms with Crippen LogP contribution < -0.4 is 10.6 Å². The van der Waals surface area contributed by atoms with Gasteiger partial charge in [-0.2, -0.15) is 19.6 Å². The normalized spacial score (nSPS) is 18.7. The third-order valence-electron chi connectivity index (χ3n) is 4.08. The summed E-state index contributed by atoms with van der Waals surface area (Å²) >= 11 is 0. The van der Waals surface area contributed by atoms with Crippen LogP contribution in [0.2, 0.25) is 0 Å². The Labute approximate surface area is 146 Å². The number of aromatic nitrogens is 4. The van der Waals surface area contributed by atoms with Gasteiger partial charge < -0.3 is 20.3 Å². The van der Waals surface area contributed by atoms with Crippen LogP contribution >= 0.6 is 0 Å². The molecule has 2 aromatic rings. The van der Waals surface area contributed by atoms with E-state index >= 15 is 0 Å². The van der Waals surface area contributed by atoms with Crippen LogP contribution in [0.1, 0.15) is 33.3 Å². The standard InChI is InChI=1S/C16H25N7O2/c1-10-8-18-23-12(10)19-13(17)20-14(23)22-7-6-21(9-11(22)2)15(24)25-16(3,4)5/h8,11H,6-7,9H2,1-5H3,(H2,17,19)/t11-/m0/s1. The zero-order chi connectivity index (χ0) is 18.4. The van der Waals surface area contributed by atoms with Crippen molar-refractivity contribution in [1.29, 1.82) is 0 Å². The van der Waals surface area contributed by atoms with E-state index in [2.05, 4.69) is 20.0 Å². The van der Waals surface area contributed by atoms with Crippen LogP contribution in [0.25, 0.3) is 5.65 Å². The average molecular weight is 347 g/mol. The SMILES string of the molecule is Cc1cnn2c(N3CCN(C(=O)OC(C)(C)C)C[C@@H]3C)nc(N)nc12. The molecule has 25 heavy (non-hydrogen) atoms. The van der Waals surface area contributed by atoms with Gasteiger partial charge in [0.1, 0.15) is 5.60 Å². The first-order valence-electron chi connectivity index (χ1n) is 8.38. The molecule has 0 unspecified atom stereocenters. The summed E-state index contributed by atoms with van der Waals surface area (Å²) in [4.78, 5) is 24.7. The van der Waals surface area contributed by atoms with E-state index in [4.69, 9.17) is 10.5 Å². The fraction of sp³-hybridized carbons (Fsp3) is 0.625. The Morgan fingerprint density at radius 1 is 1.32 bits per heavy atom. The number of nitrogens with zero attached hydrogens (tertiary/aromatic N) is 6. The lowest BCUT2D eigenvalue weighted by molar-refractivity contribution is 0.0218. The highest BCUT2D eigenvalue weighted by molar-refractivity contribution is 5.68. The first-order valence-corrected chi connectivity index (χ1v) is 8.38. The predicted molar refractivity (Wildman–Crippen MR) is 94.5 cm³/mol. The molecule has 0 aromatic carbocycles. The highest BCUT2D eigenvalue weighted by Gasteiger charge is 2.32. The summed E-state index contributed by atoms with van der Waals surface area (Å²) in [5, 5.41) is 4.36. The Balaban J connectivity index is 1.82. The number of carbonyl (C=O) groups is 1. The third kappa shape index (κ3) is 3.45. The van der Waals surface area contributed by atoms with Gasteiger partial charge in [0.2, 0.25) is 11.9 Å². The van der Waals surface area contributed by atoms with Gasteiger partial charge >= 0.3 is 6.09 Å². The number of hydrogen-bond acceptors (Lipinski definition) is 7. The molecule has 1 atom stereocenters. The molecule has 0 bridgehead atoms. The Morgan fingerprint density at radius 3 is 2.68 bits per heavy atom. The quantitative estimate of drug-likeness (QED) is 0.833. The second kappa shape index (κ2) is 6.05. The minimum Gasteiger partial charge on any atom is -0.444 e. The van der Waals surface area contributed by atoms with Gasteiger partial charge in [0, 0.05) is 31.2 Å². The Kier molecular flexibility index (Phi) is 4.18. The van der Waals surface area contributed by atoms with E-state index in [1.807, 2.05) is 34.6 Å². The molecule has 1 saturated heterocycles. The Morgan fingerprint density at radius 2 is 2.04 bits per heavy atom. The molecule has 2 N–H and O–H groups in total. The van der Waals surface area contributed by atoms with Crippen LogP contribution in [-0.4, -0.2) is 61.9 Å². The van der Waals surface area contributed by atoms with Crippen molar-refractivity contribution in [3.8, 4) is 0 Å². The van der Waals surface area contributed by atoms with Gasteiger partial charge in [0.15, 0.2) is 5.65 Å². The lowest BCUT2D eigenvalue weighted by Crippen LogP contribution is -2.55. The molecule has 3 heterocycles. The van der Waals surface area contributed by atoms with Crippen LogP contribution in [0.15, 0.2) is 6.20 Å². The zero-order valence-electron chi connectivity index (χ0n) is 15.4. The number of nitrogen functional groups attached to an aromatic ring is 1. The summed E-state index contributed by atoms with van der Waals surface area (Å²) in [6.07, 6.45) is 1.45. The van der Waals surface area contributed by atoms with Crippen LogP contribution in [0.5, 0.6) is 0 Å². The van der Waals surface area contributed by atoms with Crippen molar-refractivity contribution >= 4 is 23.6 Å². The molecule has 0 saturated carbocycles. The fourth-order valence-electron chi connectivity index (χ4n) is 2.92. The van der Waals surface area contributed by atoms with E-state index in [1.54, 1.807) is 15.6 Å². The van der Waals surface area contributed by atoms with Crippen molar-refractivity contribution in [1.82, 2.24) is 24.5 Å². The largest absolute Gasteiger partial charge is 0.444 e. The zero-order valence-corrected chi connectivity index (χ0v) is 15.4. The molecular weight excluding hydrogens is 322 g/mol. The smallest absolute Gasteiger partial charge is 0.410 e. The summed E-state index contributed by atoms with van der Waals surface area (Å²) in [5.41, 5.74) is 7.01. The molecule has 2 aromatic heterocycles. The molecule has 9 nitrogen and oxygen atoms in total. The van der Waals surface area contributed by atoms with Crippen molar-refractivity contribution in [3.05, 3.63) is 11.8 Å². The molecule has 136 valence electrons. The average Bonchev–Trinajstić information content (AvgIpc) is 2.86. The molecule has 1 aliphatic rings. The lowest BCUT2D eigenvalue weighted by atomic mass is 10.2. The fourth-order valence-corrected chi connectivity index (χ4v) is 2.92. The number of aryl methyl sites for hydroxylation is 1. The number of amides is 1. The van der Waals surface area contributed by atoms with Gasteiger partial charge in [-0.1, -0.05) is 0 Å². The molecule has 3 rings (SSSR count). The van der Waals surface area contributed by atoms with Crippen LogP contribution in [-0.2, 0) is 4.74 Å². The molecule has 0 aliphatic carbocycles. The summed E-state index contributed by atoms with van der Waals surface area (Å²) < 4.78 is 7.16. The summed E-state index contributed by atoms with van der Waals surface area (Å²) in [6.45, 7) is 11.3. The molecule has 0 radical (unpaired) electrons. The minimum absolute atomic E-state index is 0.0447. The van der Waals surface area contributed by atoms with Gasteiger partial charge in [-0.25, -0.2) is 4.79 Å². The second-order valence-corrected chi connectivity index (χ2v) is 7.41. The molecule has 9 heteroatoms. The van der Waals surface area contributed by atoms with E-state index in [0.29, 0.717) is 31.2 Å². The van der Waals surface area contributed by atoms with Gasteiger partial charge in [0.25, 0.3) is 0 Å². The van der Waals surface area contributed by atoms with Crippen LogP contribution in [0.3, 0.4) is 0 Å². The van der Waals surface area contributed by atoms with Gasteiger partial charge in [-0.05, 0) is 34.6 Å². The monoisotopic (exact) mass is 347 g/mol. The first-order chi connectivity index (χ1) is 11.7. The van der Waals surface area contributed by atoms with Gasteiger partial charge in [-0.3, -0.25) is 0 Å². The highest BCUT2D eigenvalue weighted by atomic mass is 16.6. The molecule has 1 amide bonds. The second-order valence-electron chi connectivity index (χ2n) is 7.41. The topological polar surface area (TPSA) is 102 Å². The summed E-state index contributed by atoms with van der Waals surface area (Å²) in [7, 11) is 0. The van der Waals surface area contributed by atoms with Crippen LogP contribution in [0, 0.1) is 6.92 Å². The van der Waals surface area contributed by atoms with Crippen molar-refractivity contribution in [3.63, 3.8) is 0 Å². The van der Waals surface area contributed by atoms with Crippen molar-refractivity contribution in [2.75, 3.05) is 30.3 Å². The number of fused-ring (bicyclic) bond motifs is 1. The maximum absolute atomic E-state index is 12.3. The predicted octanol–water partition coefficient (Wildman–Crippen LogP) is 1.46. The highest BCUT2D eigenvalue weighted by Crippen LogP contribution is 2.22. The Hall–Kier alpha value is -2.58. The first kappa shape index (κ1) is 17.2. The van der Waals surface area contributed by atoms with E-state index in [0.717, 1.165) is 5.56 Å². The summed E-state index contributed by atoms with van der Waals surface area (Å²) in [6, 6.07) is 0.0447. The number of carbonyl (C=O) groups excluding carboxylic acids is 1. The maximum Gasteiger partial charge on any atom is 0.410 e. The van der Waals surface area contributed by atoms with Crippen molar-refractivity contribution < 1.29 is 9.53 Å². The molecule has 1 fully saturated rings. The van der Waals surface area contributed by atoms with Gasteiger partial charge in [-0.15, -0.1) is 0 Å². The molecule has 1 aliphatic heterocycles. The molecular formula is C16H25N7O2. The molecule has 0 spiro atoms. The number of rotatable bonds is 1. The number of ether oxygens (including phenoxy) is 1. The van der Waals surface area contributed by atoms with Crippen molar-refractivity contribution in [2.24, 2.45) is 0 Å². The van der Waals surface area contributed by atoms with E-state index in [1.165, 1.54) is 0 Å². The van der Waals surface area contributed by atoms with Crippen LogP contribution in [0.4, 0.5) is 16.7 Å². The third-order valence-corrected chi connectivity index (χ3v) is 4.08. The lowest BCUT2D eigenvalue weighted by Gasteiger charge is -2.40. The number of hydrogen-bond donors (Lipinski definition) is 1. The van der Waals surface area contributed by atoms with E-state index < -0.39 is 5.60 Å². The number of piperazine rings is 1. The summed E-state index contributed by atoms with van der Waals surface area (Å²) in [5.74, 6) is 0.861.